The van der Waals surface area contributed by atoms with Gasteiger partial charge in [-0.3, -0.25) is 0 Å². The SMILES string of the molecule is CC.CC.CCOc1ccc(Cc2cc(C3CC(O)[C@H](O)C(CO)O3)ccc2Cl)cc1. The second-order valence-electron chi connectivity index (χ2n) is 6.74. The quantitative estimate of drug-likeness (QED) is 0.579. The molecule has 31 heavy (non-hydrogen) atoms. The average molecular weight is 453 g/mol. The number of ether oxygens (including phenoxy) is 2. The van der Waals surface area contributed by atoms with Gasteiger partial charge in [-0.25, -0.2) is 0 Å². The van der Waals surface area contributed by atoms with Crippen molar-refractivity contribution < 1.29 is 24.8 Å². The third-order valence-electron chi connectivity index (χ3n) is 4.82. The molecule has 2 aromatic carbocycles. The van der Waals surface area contributed by atoms with Crippen molar-refractivity contribution in [1.82, 2.24) is 0 Å². The van der Waals surface area contributed by atoms with Crippen LogP contribution in [0.5, 0.6) is 5.75 Å². The molecule has 0 aliphatic carbocycles. The van der Waals surface area contributed by atoms with E-state index in [2.05, 4.69) is 0 Å². The van der Waals surface area contributed by atoms with Crippen LogP contribution in [-0.2, 0) is 11.2 Å². The predicted octanol–water partition coefficient (Wildman–Crippen LogP) is 4.93. The van der Waals surface area contributed by atoms with Gasteiger partial charge in [0.1, 0.15) is 18.0 Å². The zero-order valence-electron chi connectivity index (χ0n) is 19.2. The lowest BCUT2D eigenvalue weighted by Gasteiger charge is -2.36. The second kappa shape index (κ2) is 14.4. The molecule has 5 nitrogen and oxygen atoms in total. The summed E-state index contributed by atoms with van der Waals surface area (Å²) < 4.78 is 11.2. The summed E-state index contributed by atoms with van der Waals surface area (Å²) >= 11 is 6.38. The molecule has 1 fully saturated rings. The van der Waals surface area contributed by atoms with E-state index in [9.17, 15) is 15.3 Å². The van der Waals surface area contributed by atoms with Crippen molar-refractivity contribution in [2.75, 3.05) is 13.2 Å². The number of aliphatic hydroxyl groups excluding tert-OH is 3. The maximum atomic E-state index is 10.1. The van der Waals surface area contributed by atoms with Gasteiger partial charge in [0.25, 0.3) is 0 Å². The topological polar surface area (TPSA) is 79.2 Å². The van der Waals surface area contributed by atoms with E-state index in [1.54, 1.807) is 0 Å². The van der Waals surface area contributed by atoms with Crippen LogP contribution in [-0.4, -0.2) is 46.8 Å². The minimum Gasteiger partial charge on any atom is -0.494 e. The summed E-state index contributed by atoms with van der Waals surface area (Å²) in [5, 5.41) is 30.0. The summed E-state index contributed by atoms with van der Waals surface area (Å²) in [5.41, 5.74) is 2.92. The molecule has 1 saturated heterocycles. The number of benzene rings is 2. The highest BCUT2D eigenvalue weighted by Gasteiger charge is 2.37. The van der Waals surface area contributed by atoms with Gasteiger partial charge < -0.3 is 24.8 Å². The van der Waals surface area contributed by atoms with Crippen LogP contribution in [0.3, 0.4) is 0 Å². The van der Waals surface area contributed by atoms with E-state index in [1.165, 1.54) is 0 Å². The fraction of sp³-hybridized carbons (Fsp3) is 0.520. The average Bonchev–Trinajstić information content (AvgIpc) is 2.81. The highest BCUT2D eigenvalue weighted by atomic mass is 35.5. The molecule has 3 unspecified atom stereocenters. The maximum absolute atomic E-state index is 10.1. The summed E-state index contributed by atoms with van der Waals surface area (Å²) in [6.07, 6.45) is -2.31. The van der Waals surface area contributed by atoms with E-state index in [0.29, 0.717) is 18.1 Å². The summed E-state index contributed by atoms with van der Waals surface area (Å²) in [7, 11) is 0. The third-order valence-corrected chi connectivity index (χ3v) is 5.19. The lowest BCUT2D eigenvalue weighted by Crippen LogP contribution is -2.47. The van der Waals surface area contributed by atoms with Crippen LogP contribution in [0.25, 0.3) is 0 Å². The molecule has 6 heteroatoms. The minimum absolute atomic E-state index is 0.266. The first-order chi connectivity index (χ1) is 15.0. The number of hydrogen-bond donors (Lipinski definition) is 3. The second-order valence-corrected chi connectivity index (χ2v) is 7.15. The minimum atomic E-state index is -1.08. The normalized spacial score (nSPS) is 22.5. The first-order valence-electron chi connectivity index (χ1n) is 11.1. The van der Waals surface area contributed by atoms with E-state index in [-0.39, 0.29) is 13.0 Å². The molecule has 3 N–H and O–H groups in total. The fourth-order valence-electron chi connectivity index (χ4n) is 3.34. The molecule has 1 heterocycles. The summed E-state index contributed by atoms with van der Waals surface area (Å²) in [6, 6.07) is 13.5. The Balaban J connectivity index is 0.00000113. The van der Waals surface area contributed by atoms with Crippen LogP contribution in [0, 0.1) is 0 Å². The Hall–Kier alpha value is -1.63. The predicted molar refractivity (Wildman–Crippen MR) is 126 cm³/mol. The van der Waals surface area contributed by atoms with Crippen LogP contribution in [0.4, 0.5) is 0 Å². The smallest absolute Gasteiger partial charge is 0.119 e. The van der Waals surface area contributed by atoms with E-state index in [1.807, 2.05) is 77.1 Å². The molecule has 0 aromatic heterocycles. The number of halogens is 1. The first kappa shape index (κ1) is 27.4. The van der Waals surface area contributed by atoms with Gasteiger partial charge in [0, 0.05) is 11.4 Å². The fourth-order valence-corrected chi connectivity index (χ4v) is 3.52. The van der Waals surface area contributed by atoms with Gasteiger partial charge in [-0.15, -0.1) is 0 Å². The Morgan fingerprint density at radius 2 is 1.68 bits per heavy atom. The van der Waals surface area contributed by atoms with Crippen molar-refractivity contribution in [3.05, 3.63) is 64.2 Å². The van der Waals surface area contributed by atoms with Crippen molar-refractivity contribution in [3.63, 3.8) is 0 Å². The summed E-state index contributed by atoms with van der Waals surface area (Å²) in [5.74, 6) is 0.833. The molecule has 1 aliphatic heterocycles. The van der Waals surface area contributed by atoms with Crippen molar-refractivity contribution >= 4 is 11.6 Å². The Bertz CT molecular complexity index is 750. The maximum Gasteiger partial charge on any atom is 0.119 e. The van der Waals surface area contributed by atoms with Crippen molar-refractivity contribution in [3.8, 4) is 5.75 Å². The molecular weight excluding hydrogens is 416 g/mol. The zero-order valence-corrected chi connectivity index (χ0v) is 20.0. The molecule has 2 aromatic rings. The van der Waals surface area contributed by atoms with Crippen molar-refractivity contribution in [2.24, 2.45) is 0 Å². The van der Waals surface area contributed by atoms with Gasteiger partial charge in [0.05, 0.1) is 25.4 Å². The van der Waals surface area contributed by atoms with Gasteiger partial charge in [-0.2, -0.15) is 0 Å². The molecule has 0 spiro atoms. The van der Waals surface area contributed by atoms with Gasteiger partial charge in [-0.1, -0.05) is 63.6 Å². The van der Waals surface area contributed by atoms with Crippen LogP contribution < -0.4 is 4.74 Å². The van der Waals surface area contributed by atoms with Gasteiger partial charge >= 0.3 is 0 Å². The Labute approximate surface area is 191 Å². The first-order valence-corrected chi connectivity index (χ1v) is 11.5. The molecule has 0 saturated carbocycles. The largest absolute Gasteiger partial charge is 0.494 e. The number of hydrogen-bond acceptors (Lipinski definition) is 5. The number of aliphatic hydroxyl groups is 3. The molecule has 0 radical (unpaired) electrons. The Kier molecular flexibility index (Phi) is 12.8. The summed E-state index contributed by atoms with van der Waals surface area (Å²) in [6.45, 7) is 10.2. The Morgan fingerprint density at radius 1 is 1.03 bits per heavy atom. The van der Waals surface area contributed by atoms with Gasteiger partial charge in [0.15, 0.2) is 0 Å². The van der Waals surface area contributed by atoms with E-state index in [0.717, 1.165) is 22.4 Å². The molecule has 3 rings (SSSR count). The lowest BCUT2D eigenvalue weighted by molar-refractivity contribution is -0.181. The van der Waals surface area contributed by atoms with Gasteiger partial charge in [-0.05, 0) is 48.2 Å². The van der Waals surface area contributed by atoms with Crippen LogP contribution in [0.15, 0.2) is 42.5 Å². The standard InChI is InChI=1S/C21H25ClO5.2C2H6/c1-2-26-16-6-3-13(4-7-16)9-15-10-14(5-8-17(15)22)19-11-18(24)21(25)20(12-23)27-19;2*1-2/h3-8,10,18-21,23-25H,2,9,11-12H2,1H3;2*1-2H3/t18?,19?,20?,21-;;/m0../s1. The lowest BCUT2D eigenvalue weighted by atomic mass is 9.92. The molecule has 4 atom stereocenters. The third kappa shape index (κ3) is 7.78. The van der Waals surface area contributed by atoms with Crippen LogP contribution in [0.1, 0.15) is 63.8 Å². The highest BCUT2D eigenvalue weighted by Crippen LogP contribution is 2.34. The van der Waals surface area contributed by atoms with E-state index in [4.69, 9.17) is 21.1 Å². The van der Waals surface area contributed by atoms with Crippen LogP contribution >= 0.6 is 11.6 Å². The molecule has 0 amide bonds. The van der Waals surface area contributed by atoms with Crippen molar-refractivity contribution in [1.29, 1.82) is 0 Å². The Morgan fingerprint density at radius 3 is 2.26 bits per heavy atom. The molecule has 174 valence electrons. The van der Waals surface area contributed by atoms with Gasteiger partial charge in [0.2, 0.25) is 0 Å². The molecule has 1 aliphatic rings. The van der Waals surface area contributed by atoms with Crippen LogP contribution in [0.2, 0.25) is 5.02 Å². The number of rotatable bonds is 6. The van der Waals surface area contributed by atoms with E-state index < -0.39 is 24.4 Å². The highest BCUT2D eigenvalue weighted by molar-refractivity contribution is 6.31. The zero-order chi connectivity index (χ0) is 23.4. The monoisotopic (exact) mass is 452 g/mol. The molecule has 0 bridgehead atoms. The molecular formula is C25H37ClO5. The van der Waals surface area contributed by atoms with Crippen molar-refractivity contribution in [2.45, 2.75) is 71.9 Å². The summed E-state index contributed by atoms with van der Waals surface area (Å²) in [4.78, 5) is 0. The van der Waals surface area contributed by atoms with E-state index >= 15 is 0 Å².